The first kappa shape index (κ1) is 22.4. The van der Waals surface area contributed by atoms with Crippen LogP contribution in [0.25, 0.3) is 0 Å². The lowest BCUT2D eigenvalue weighted by Crippen LogP contribution is -2.56. The number of piperidine rings is 1. The van der Waals surface area contributed by atoms with E-state index < -0.39 is 11.6 Å². The van der Waals surface area contributed by atoms with Gasteiger partial charge in [0, 0.05) is 25.9 Å². The second-order valence-electron chi connectivity index (χ2n) is 9.51. The number of hydrogen-bond acceptors (Lipinski definition) is 5. The lowest BCUT2D eigenvalue weighted by Gasteiger charge is -2.40. The van der Waals surface area contributed by atoms with E-state index in [-0.39, 0.29) is 23.5 Å². The molecule has 3 heterocycles. The molecule has 2 aromatic rings. The van der Waals surface area contributed by atoms with Gasteiger partial charge in [-0.25, -0.2) is 4.79 Å². The molecule has 2 aliphatic heterocycles. The standard InChI is InChI=1S/C26H29N3O5/c30-20-9-4-10-21-22(20)19(16-34-21)23(31)29-14-11-18(12-15-29)26(24(32)27-25(33)28-26)13-5-8-17-6-2-1-3-7-17/h1-3,6-7,16,18H,4-5,8-15H2,(H2,27,28,32,33). The van der Waals surface area contributed by atoms with Crippen LogP contribution in [0.5, 0.6) is 0 Å². The molecule has 3 aliphatic rings. The predicted molar refractivity (Wildman–Crippen MR) is 123 cm³/mol. The molecular formula is C26H29N3O5. The van der Waals surface area contributed by atoms with Gasteiger partial charge >= 0.3 is 6.03 Å². The number of ketones is 1. The fourth-order valence-electron chi connectivity index (χ4n) is 5.71. The third kappa shape index (κ3) is 4.02. The van der Waals surface area contributed by atoms with E-state index in [1.165, 1.54) is 11.8 Å². The van der Waals surface area contributed by atoms with Crippen molar-refractivity contribution in [3.8, 4) is 0 Å². The van der Waals surface area contributed by atoms with Crippen molar-refractivity contribution in [2.45, 2.75) is 56.9 Å². The highest BCUT2D eigenvalue weighted by Gasteiger charge is 2.52. The Labute approximate surface area is 198 Å². The summed E-state index contributed by atoms with van der Waals surface area (Å²) in [5, 5.41) is 5.36. The first-order valence-corrected chi connectivity index (χ1v) is 12.1. The van der Waals surface area contributed by atoms with E-state index in [9.17, 15) is 19.2 Å². The van der Waals surface area contributed by atoms with Gasteiger partial charge in [0.05, 0.1) is 11.1 Å². The highest BCUT2D eigenvalue weighted by Crippen LogP contribution is 2.36. The van der Waals surface area contributed by atoms with E-state index in [4.69, 9.17) is 4.42 Å². The van der Waals surface area contributed by atoms with Gasteiger partial charge in [-0.3, -0.25) is 19.7 Å². The van der Waals surface area contributed by atoms with Crippen LogP contribution in [0.2, 0.25) is 0 Å². The quantitative estimate of drug-likeness (QED) is 0.640. The second-order valence-corrected chi connectivity index (χ2v) is 9.51. The maximum absolute atomic E-state index is 13.2. The molecule has 8 nitrogen and oxygen atoms in total. The van der Waals surface area contributed by atoms with Gasteiger partial charge in [-0.2, -0.15) is 0 Å². The molecule has 0 spiro atoms. The number of carbonyl (C=O) groups excluding carboxylic acids is 4. The fraction of sp³-hybridized carbons (Fsp3) is 0.462. The number of fused-ring (bicyclic) bond motifs is 1. The number of likely N-dealkylation sites (tertiary alicyclic amines) is 1. The third-order valence-electron chi connectivity index (χ3n) is 7.51. The van der Waals surface area contributed by atoms with Gasteiger partial charge in [0.25, 0.3) is 11.8 Å². The number of rotatable bonds is 6. The maximum atomic E-state index is 13.2. The van der Waals surface area contributed by atoms with E-state index in [1.54, 1.807) is 4.90 Å². The van der Waals surface area contributed by atoms with E-state index in [1.807, 2.05) is 18.2 Å². The van der Waals surface area contributed by atoms with Crippen molar-refractivity contribution >= 4 is 23.6 Å². The zero-order valence-electron chi connectivity index (χ0n) is 19.1. The smallest absolute Gasteiger partial charge is 0.322 e. The van der Waals surface area contributed by atoms with Crippen LogP contribution in [-0.2, 0) is 17.6 Å². The molecule has 2 fully saturated rings. The van der Waals surface area contributed by atoms with Gasteiger partial charge in [0.1, 0.15) is 17.6 Å². The number of aryl methyl sites for hydroxylation is 2. The SMILES string of the molecule is O=C1NC(=O)C(CCCc2ccccc2)(C2CCN(C(=O)c3coc4c3C(=O)CCC4)CC2)N1. The van der Waals surface area contributed by atoms with Gasteiger partial charge in [-0.05, 0) is 50.0 Å². The third-order valence-corrected chi connectivity index (χ3v) is 7.51. The minimum absolute atomic E-state index is 0.0315. The summed E-state index contributed by atoms with van der Waals surface area (Å²) in [7, 11) is 0. The highest BCUT2D eigenvalue weighted by atomic mass is 16.3. The molecule has 5 rings (SSSR count). The van der Waals surface area contributed by atoms with Crippen LogP contribution < -0.4 is 10.6 Å². The van der Waals surface area contributed by atoms with Crippen molar-refractivity contribution in [3.05, 3.63) is 59.0 Å². The van der Waals surface area contributed by atoms with Crippen molar-refractivity contribution < 1.29 is 23.6 Å². The topological polar surface area (TPSA) is 109 Å². The Morgan fingerprint density at radius 2 is 1.85 bits per heavy atom. The van der Waals surface area contributed by atoms with E-state index in [0.717, 1.165) is 19.3 Å². The van der Waals surface area contributed by atoms with Gasteiger partial charge in [0.2, 0.25) is 0 Å². The number of imide groups is 1. The van der Waals surface area contributed by atoms with Crippen molar-refractivity contribution in [3.63, 3.8) is 0 Å². The maximum Gasteiger partial charge on any atom is 0.322 e. The first-order valence-electron chi connectivity index (χ1n) is 12.1. The summed E-state index contributed by atoms with van der Waals surface area (Å²) in [6.45, 7) is 0.919. The van der Waals surface area contributed by atoms with Crippen molar-refractivity contribution in [1.29, 1.82) is 0 Å². The molecule has 2 saturated heterocycles. The molecule has 1 atom stereocenters. The number of nitrogens with one attached hydrogen (secondary N) is 2. The van der Waals surface area contributed by atoms with E-state index >= 15 is 0 Å². The lowest BCUT2D eigenvalue weighted by atomic mass is 9.74. The minimum atomic E-state index is -0.953. The van der Waals surface area contributed by atoms with Gasteiger partial charge < -0.3 is 14.6 Å². The zero-order valence-corrected chi connectivity index (χ0v) is 19.1. The van der Waals surface area contributed by atoms with Crippen LogP contribution in [0.4, 0.5) is 4.79 Å². The van der Waals surface area contributed by atoms with Gasteiger partial charge in [-0.1, -0.05) is 30.3 Å². The number of Topliss-reactive ketones (excluding diaryl/α,β-unsaturated/α-hetero) is 1. The predicted octanol–water partition coefficient (Wildman–Crippen LogP) is 3.25. The monoisotopic (exact) mass is 463 g/mol. The largest absolute Gasteiger partial charge is 0.468 e. The van der Waals surface area contributed by atoms with Crippen molar-refractivity contribution in [2.24, 2.45) is 5.92 Å². The normalized spacial score (nSPS) is 22.9. The van der Waals surface area contributed by atoms with Crippen LogP contribution in [0.3, 0.4) is 0 Å². The van der Waals surface area contributed by atoms with Gasteiger partial charge in [0.15, 0.2) is 5.78 Å². The molecule has 1 aliphatic carbocycles. The highest BCUT2D eigenvalue weighted by molar-refractivity contribution is 6.09. The van der Waals surface area contributed by atoms with Crippen LogP contribution in [0.1, 0.15) is 70.6 Å². The molecule has 0 saturated carbocycles. The average Bonchev–Trinajstić information content (AvgIpc) is 3.41. The number of urea groups is 1. The Morgan fingerprint density at radius 1 is 1.09 bits per heavy atom. The molecule has 178 valence electrons. The number of nitrogens with zero attached hydrogens (tertiary/aromatic N) is 1. The molecule has 1 aromatic carbocycles. The molecule has 2 N–H and O–H groups in total. The molecule has 1 unspecified atom stereocenters. The van der Waals surface area contributed by atoms with Gasteiger partial charge in [-0.15, -0.1) is 0 Å². The summed E-state index contributed by atoms with van der Waals surface area (Å²) in [5.41, 5.74) is 1.03. The summed E-state index contributed by atoms with van der Waals surface area (Å²) in [4.78, 5) is 52.3. The Kier molecular flexibility index (Phi) is 5.98. The summed E-state index contributed by atoms with van der Waals surface area (Å²) >= 11 is 0. The molecular weight excluding hydrogens is 434 g/mol. The van der Waals surface area contributed by atoms with Crippen molar-refractivity contribution in [1.82, 2.24) is 15.5 Å². The van der Waals surface area contributed by atoms with Crippen LogP contribution in [0, 0.1) is 5.92 Å². The number of furan rings is 1. The number of amides is 4. The zero-order chi connectivity index (χ0) is 23.7. The van der Waals surface area contributed by atoms with Crippen molar-refractivity contribution in [2.75, 3.05) is 13.1 Å². The van der Waals surface area contributed by atoms with E-state index in [2.05, 4.69) is 22.8 Å². The number of hydrogen-bond donors (Lipinski definition) is 2. The summed E-state index contributed by atoms with van der Waals surface area (Å²) in [6.07, 6.45) is 6.60. The Hall–Kier alpha value is -3.42. The average molecular weight is 464 g/mol. The second kappa shape index (κ2) is 9.08. The Bertz CT molecular complexity index is 1120. The minimum Gasteiger partial charge on any atom is -0.468 e. The fourth-order valence-corrected chi connectivity index (χ4v) is 5.71. The molecule has 0 bridgehead atoms. The number of benzene rings is 1. The summed E-state index contributed by atoms with van der Waals surface area (Å²) < 4.78 is 5.53. The van der Waals surface area contributed by atoms with Crippen LogP contribution >= 0.6 is 0 Å². The van der Waals surface area contributed by atoms with Crippen LogP contribution in [0.15, 0.2) is 41.0 Å². The molecule has 34 heavy (non-hydrogen) atoms. The van der Waals surface area contributed by atoms with E-state index in [0.29, 0.717) is 62.1 Å². The molecule has 8 heteroatoms. The Morgan fingerprint density at radius 3 is 2.56 bits per heavy atom. The number of carbonyl (C=O) groups is 4. The molecule has 1 aromatic heterocycles. The molecule has 0 radical (unpaired) electrons. The summed E-state index contributed by atoms with van der Waals surface area (Å²) in [6, 6.07) is 9.62. The molecule has 4 amide bonds. The lowest BCUT2D eigenvalue weighted by molar-refractivity contribution is -0.127. The Balaban J connectivity index is 1.26. The summed E-state index contributed by atoms with van der Waals surface area (Å²) in [5.74, 6) is 0.0355. The van der Waals surface area contributed by atoms with Crippen LogP contribution in [-0.4, -0.2) is 47.2 Å². The first-order chi connectivity index (χ1) is 16.5.